The summed E-state index contributed by atoms with van der Waals surface area (Å²) in [5.41, 5.74) is 0.345. The van der Waals surface area contributed by atoms with E-state index in [1.165, 1.54) is 19.3 Å². The molecular formula is C11H20N2O2. The first kappa shape index (κ1) is 10.9. The van der Waals surface area contributed by atoms with Crippen LogP contribution in [0.3, 0.4) is 0 Å². The molecule has 86 valence electrons. The Hall–Kier alpha value is -0.610. The molecule has 0 aromatic rings. The van der Waals surface area contributed by atoms with Crippen molar-refractivity contribution in [1.82, 2.24) is 10.6 Å². The van der Waals surface area contributed by atoms with Gasteiger partial charge in [-0.2, -0.15) is 0 Å². The van der Waals surface area contributed by atoms with E-state index in [0.29, 0.717) is 18.6 Å². The predicted molar refractivity (Wildman–Crippen MR) is 57.6 cm³/mol. The van der Waals surface area contributed by atoms with Crippen LogP contribution in [-0.4, -0.2) is 38.3 Å². The third kappa shape index (κ3) is 2.69. The highest BCUT2D eigenvalue weighted by atomic mass is 16.5. The number of carbonyl (C=O) groups is 1. The summed E-state index contributed by atoms with van der Waals surface area (Å²) in [7, 11) is 0. The van der Waals surface area contributed by atoms with Crippen LogP contribution in [0.15, 0.2) is 0 Å². The lowest BCUT2D eigenvalue weighted by Gasteiger charge is -2.38. The molecule has 15 heavy (non-hydrogen) atoms. The van der Waals surface area contributed by atoms with Gasteiger partial charge in [0.25, 0.3) is 0 Å². The first-order chi connectivity index (χ1) is 7.20. The van der Waals surface area contributed by atoms with Crippen molar-refractivity contribution in [3.05, 3.63) is 0 Å². The SMILES string of the molecule is CC1(CNC(=O)C2CNCCO2)CCC1. The molecular weight excluding hydrogens is 192 g/mol. The summed E-state index contributed by atoms with van der Waals surface area (Å²) in [5.74, 6) is 0.0373. The number of hydrogen-bond acceptors (Lipinski definition) is 3. The van der Waals surface area contributed by atoms with Crippen LogP contribution in [-0.2, 0) is 9.53 Å². The summed E-state index contributed by atoms with van der Waals surface area (Å²) < 4.78 is 5.38. The highest BCUT2D eigenvalue weighted by molar-refractivity contribution is 5.81. The summed E-state index contributed by atoms with van der Waals surface area (Å²) >= 11 is 0. The van der Waals surface area contributed by atoms with E-state index in [0.717, 1.165) is 13.1 Å². The molecule has 0 aromatic carbocycles. The molecule has 0 aromatic heterocycles. The monoisotopic (exact) mass is 212 g/mol. The van der Waals surface area contributed by atoms with Crippen molar-refractivity contribution in [3.63, 3.8) is 0 Å². The molecule has 4 nitrogen and oxygen atoms in total. The van der Waals surface area contributed by atoms with Crippen molar-refractivity contribution in [2.24, 2.45) is 5.41 Å². The van der Waals surface area contributed by atoms with Gasteiger partial charge in [0, 0.05) is 19.6 Å². The van der Waals surface area contributed by atoms with Crippen LogP contribution in [0.5, 0.6) is 0 Å². The average molecular weight is 212 g/mol. The molecule has 1 aliphatic heterocycles. The maximum Gasteiger partial charge on any atom is 0.250 e. The Morgan fingerprint density at radius 2 is 2.40 bits per heavy atom. The van der Waals surface area contributed by atoms with Gasteiger partial charge in [-0.3, -0.25) is 4.79 Å². The van der Waals surface area contributed by atoms with Crippen molar-refractivity contribution in [2.45, 2.75) is 32.3 Å². The van der Waals surface area contributed by atoms with Gasteiger partial charge in [-0.15, -0.1) is 0 Å². The van der Waals surface area contributed by atoms with Gasteiger partial charge in [-0.05, 0) is 18.3 Å². The molecule has 2 aliphatic rings. The predicted octanol–water partition coefficient (Wildman–Crippen LogP) is 0.281. The van der Waals surface area contributed by atoms with E-state index in [1.54, 1.807) is 0 Å². The minimum absolute atomic E-state index is 0.0373. The number of hydrogen-bond donors (Lipinski definition) is 2. The summed E-state index contributed by atoms with van der Waals surface area (Å²) in [6.07, 6.45) is 3.48. The van der Waals surface area contributed by atoms with Crippen molar-refractivity contribution < 1.29 is 9.53 Å². The molecule has 0 bridgehead atoms. The normalized spacial score (nSPS) is 29.3. The van der Waals surface area contributed by atoms with Gasteiger partial charge in [-0.25, -0.2) is 0 Å². The third-order valence-corrected chi connectivity index (χ3v) is 3.47. The van der Waals surface area contributed by atoms with Crippen molar-refractivity contribution in [2.75, 3.05) is 26.2 Å². The Balaban J connectivity index is 1.71. The molecule has 4 heteroatoms. The molecule has 1 atom stereocenters. The lowest BCUT2D eigenvalue weighted by atomic mass is 9.70. The molecule has 1 aliphatic carbocycles. The Labute approximate surface area is 90.8 Å². The highest BCUT2D eigenvalue weighted by Gasteiger charge is 2.33. The second-order valence-electron chi connectivity index (χ2n) is 4.95. The van der Waals surface area contributed by atoms with Crippen LogP contribution in [0.25, 0.3) is 0 Å². The van der Waals surface area contributed by atoms with E-state index < -0.39 is 0 Å². The molecule has 0 radical (unpaired) electrons. The largest absolute Gasteiger partial charge is 0.366 e. The molecule has 1 amide bonds. The number of morpholine rings is 1. The van der Waals surface area contributed by atoms with E-state index in [-0.39, 0.29) is 12.0 Å². The number of carbonyl (C=O) groups excluding carboxylic acids is 1. The Kier molecular flexibility index (Phi) is 3.26. The summed E-state index contributed by atoms with van der Waals surface area (Å²) in [6.45, 7) is 5.15. The molecule has 1 unspecified atom stereocenters. The van der Waals surface area contributed by atoms with Gasteiger partial charge in [-0.1, -0.05) is 13.3 Å². The molecule has 2 N–H and O–H groups in total. The van der Waals surface area contributed by atoms with E-state index >= 15 is 0 Å². The van der Waals surface area contributed by atoms with Crippen LogP contribution in [0.2, 0.25) is 0 Å². The quantitative estimate of drug-likeness (QED) is 0.706. The van der Waals surface area contributed by atoms with Crippen molar-refractivity contribution in [1.29, 1.82) is 0 Å². The van der Waals surface area contributed by atoms with Gasteiger partial charge in [0.2, 0.25) is 5.91 Å². The molecule has 1 saturated heterocycles. The standard InChI is InChI=1S/C11H20N2O2/c1-11(3-2-4-11)8-13-10(14)9-7-12-5-6-15-9/h9,12H,2-8H2,1H3,(H,13,14). The maximum atomic E-state index is 11.7. The Morgan fingerprint density at radius 1 is 1.60 bits per heavy atom. The zero-order valence-corrected chi connectivity index (χ0v) is 9.34. The van der Waals surface area contributed by atoms with Crippen LogP contribution >= 0.6 is 0 Å². The van der Waals surface area contributed by atoms with Crippen molar-refractivity contribution in [3.8, 4) is 0 Å². The van der Waals surface area contributed by atoms with Crippen LogP contribution in [0, 0.1) is 5.41 Å². The maximum absolute atomic E-state index is 11.7. The topological polar surface area (TPSA) is 50.4 Å². The second-order valence-corrected chi connectivity index (χ2v) is 4.95. The smallest absolute Gasteiger partial charge is 0.250 e. The van der Waals surface area contributed by atoms with Gasteiger partial charge >= 0.3 is 0 Å². The fourth-order valence-corrected chi connectivity index (χ4v) is 2.11. The Bertz CT molecular complexity index is 233. The van der Waals surface area contributed by atoms with E-state index in [4.69, 9.17) is 4.74 Å². The van der Waals surface area contributed by atoms with E-state index in [1.807, 2.05) is 0 Å². The summed E-state index contributed by atoms with van der Waals surface area (Å²) in [6, 6.07) is 0. The molecule has 1 saturated carbocycles. The zero-order valence-electron chi connectivity index (χ0n) is 9.34. The lowest BCUT2D eigenvalue weighted by molar-refractivity contribution is -0.135. The van der Waals surface area contributed by atoms with E-state index in [2.05, 4.69) is 17.6 Å². The number of nitrogens with one attached hydrogen (secondary N) is 2. The number of amides is 1. The van der Waals surface area contributed by atoms with Gasteiger partial charge in [0.1, 0.15) is 6.10 Å². The highest BCUT2D eigenvalue weighted by Crippen LogP contribution is 2.39. The zero-order chi connectivity index (χ0) is 10.7. The van der Waals surface area contributed by atoms with E-state index in [9.17, 15) is 4.79 Å². The third-order valence-electron chi connectivity index (χ3n) is 3.47. The number of rotatable bonds is 3. The van der Waals surface area contributed by atoms with Crippen molar-refractivity contribution >= 4 is 5.91 Å². The first-order valence-electron chi connectivity index (χ1n) is 5.80. The second kappa shape index (κ2) is 4.49. The summed E-state index contributed by atoms with van der Waals surface area (Å²) in [4.78, 5) is 11.7. The fraction of sp³-hybridized carbons (Fsp3) is 0.909. The molecule has 2 fully saturated rings. The minimum Gasteiger partial charge on any atom is -0.366 e. The van der Waals surface area contributed by atoms with Gasteiger partial charge in [0.05, 0.1) is 6.61 Å². The van der Waals surface area contributed by atoms with Gasteiger partial charge < -0.3 is 15.4 Å². The number of ether oxygens (including phenoxy) is 1. The molecule has 1 heterocycles. The van der Waals surface area contributed by atoms with Crippen LogP contribution in [0.1, 0.15) is 26.2 Å². The Morgan fingerprint density at radius 3 is 2.93 bits per heavy atom. The molecule has 2 rings (SSSR count). The fourth-order valence-electron chi connectivity index (χ4n) is 2.11. The van der Waals surface area contributed by atoms with Crippen LogP contribution in [0.4, 0.5) is 0 Å². The first-order valence-corrected chi connectivity index (χ1v) is 5.80. The summed E-state index contributed by atoms with van der Waals surface area (Å²) in [5, 5.41) is 6.15. The van der Waals surface area contributed by atoms with Gasteiger partial charge in [0.15, 0.2) is 0 Å². The lowest BCUT2D eigenvalue weighted by Crippen LogP contribution is -2.50. The molecule has 0 spiro atoms. The average Bonchev–Trinajstić information content (AvgIpc) is 2.24. The van der Waals surface area contributed by atoms with Crippen LogP contribution < -0.4 is 10.6 Å². The minimum atomic E-state index is -0.289.